The van der Waals surface area contributed by atoms with Crippen molar-refractivity contribution in [1.29, 1.82) is 0 Å². The van der Waals surface area contributed by atoms with Crippen LogP contribution in [0.25, 0.3) is 6.08 Å². The summed E-state index contributed by atoms with van der Waals surface area (Å²) < 4.78 is 5.06. The van der Waals surface area contributed by atoms with Crippen LogP contribution in [0.4, 0.5) is 0 Å². The number of hydrogen-bond acceptors (Lipinski definition) is 5. The molecule has 1 saturated heterocycles. The maximum Gasteiger partial charge on any atom is 0.331 e. The third-order valence-electron chi connectivity index (χ3n) is 5.59. The van der Waals surface area contributed by atoms with Gasteiger partial charge in [-0.05, 0) is 43.4 Å². The number of carbonyl (C=O) groups is 2. The van der Waals surface area contributed by atoms with Crippen LogP contribution in [0.5, 0.6) is 0 Å². The second-order valence-electron chi connectivity index (χ2n) is 7.12. The zero-order chi connectivity index (χ0) is 20.2. The van der Waals surface area contributed by atoms with Crippen LogP contribution >= 0.6 is 0 Å². The molecule has 0 radical (unpaired) electrons. The number of benzene rings is 1. The summed E-state index contributed by atoms with van der Waals surface area (Å²) in [5.41, 5.74) is 3.11. The number of hydroxylamine groups is 2. The van der Waals surface area contributed by atoms with Gasteiger partial charge in [0.2, 0.25) is 5.91 Å². The molecular weight excluding hydrogens is 344 g/mol. The normalized spacial score (nSPS) is 16.6. The molecule has 0 N–H and O–H groups in total. The molecule has 0 saturated carbocycles. The van der Waals surface area contributed by atoms with Crippen molar-refractivity contribution < 1.29 is 19.2 Å². The number of likely N-dealkylation sites (N-methyl/N-ethyl adjacent to an activating group) is 1. The number of carbonyl (C=O) groups excluding carboxylic acids is 2. The molecule has 0 bridgehead atoms. The fourth-order valence-electron chi connectivity index (χ4n) is 3.87. The van der Waals surface area contributed by atoms with Gasteiger partial charge in [-0.2, -0.15) is 5.06 Å². The molecule has 6 nitrogen and oxygen atoms in total. The number of nitrogens with zero attached hydrogens (tertiary/aromatic N) is 2. The summed E-state index contributed by atoms with van der Waals surface area (Å²) in [5, 5.41) is 1.79. The molecule has 1 aromatic carbocycles. The van der Waals surface area contributed by atoms with E-state index in [2.05, 4.69) is 12.6 Å². The third-order valence-corrected chi connectivity index (χ3v) is 5.59. The average molecular weight is 374 g/mol. The number of aryl methyl sites for hydroxylation is 2. The second kappa shape index (κ2) is 8.67. The first-order valence-corrected chi connectivity index (χ1v) is 9.15. The monoisotopic (exact) mass is 374 g/mol. The minimum Gasteiger partial charge on any atom is -0.467 e. The van der Waals surface area contributed by atoms with Crippen molar-refractivity contribution in [3.05, 3.63) is 41.0 Å². The Labute approximate surface area is 161 Å². The van der Waals surface area contributed by atoms with E-state index in [1.54, 1.807) is 30.2 Å². The molecule has 0 aliphatic carbocycles. The van der Waals surface area contributed by atoms with Gasteiger partial charge in [0, 0.05) is 20.1 Å². The van der Waals surface area contributed by atoms with Crippen LogP contribution in [-0.4, -0.2) is 61.7 Å². The van der Waals surface area contributed by atoms with Crippen LogP contribution in [-0.2, 0) is 25.6 Å². The molecule has 0 atom stereocenters. The minimum absolute atomic E-state index is 0.110. The van der Waals surface area contributed by atoms with E-state index in [4.69, 9.17) is 9.57 Å². The number of ether oxygens (including phenoxy) is 1. The van der Waals surface area contributed by atoms with Crippen molar-refractivity contribution in [2.75, 3.05) is 34.4 Å². The first-order valence-electron chi connectivity index (χ1n) is 9.15. The summed E-state index contributed by atoms with van der Waals surface area (Å²) in [6.45, 7) is 9.01. The summed E-state index contributed by atoms with van der Waals surface area (Å²) in [6, 6.07) is 4.08. The van der Waals surface area contributed by atoms with Crippen molar-refractivity contribution in [3.8, 4) is 0 Å². The van der Waals surface area contributed by atoms with E-state index in [-0.39, 0.29) is 18.3 Å². The Morgan fingerprint density at radius 2 is 1.89 bits per heavy atom. The Morgan fingerprint density at radius 1 is 1.26 bits per heavy atom. The maximum atomic E-state index is 13.1. The van der Waals surface area contributed by atoms with Gasteiger partial charge in [-0.15, -0.1) is 0 Å². The molecule has 2 rings (SSSR count). The van der Waals surface area contributed by atoms with Crippen LogP contribution < -0.4 is 0 Å². The minimum atomic E-state index is -0.964. The topological polar surface area (TPSA) is 59.1 Å². The predicted molar refractivity (Wildman–Crippen MR) is 105 cm³/mol. The number of hydrogen-bond donors (Lipinski definition) is 0. The van der Waals surface area contributed by atoms with E-state index in [0.717, 1.165) is 22.3 Å². The van der Waals surface area contributed by atoms with Crippen LogP contribution in [0.2, 0.25) is 0 Å². The SMILES string of the molecule is C=Cc1cc(C)cc(C)c1CC(=O)N(C)C1(C(=O)OC)CCN(OC)CC1. The Morgan fingerprint density at radius 3 is 2.41 bits per heavy atom. The van der Waals surface area contributed by atoms with Gasteiger partial charge in [0.25, 0.3) is 0 Å². The highest BCUT2D eigenvalue weighted by Crippen LogP contribution is 2.31. The van der Waals surface area contributed by atoms with Crippen LogP contribution in [0.1, 0.15) is 35.1 Å². The molecule has 1 aromatic rings. The van der Waals surface area contributed by atoms with Crippen LogP contribution in [0.3, 0.4) is 0 Å². The van der Waals surface area contributed by atoms with Gasteiger partial charge in [-0.1, -0.05) is 30.4 Å². The highest BCUT2D eigenvalue weighted by molar-refractivity contribution is 5.89. The molecule has 148 valence electrons. The lowest BCUT2D eigenvalue weighted by molar-refractivity contribution is -0.183. The standard InChI is InChI=1S/C21H30N2O4/c1-7-17-13-15(2)12-16(3)18(17)14-19(24)22(4)21(20(25)26-5)8-10-23(27-6)11-9-21/h7,12-13H,1,8-11,14H2,2-6H3. The molecule has 0 aromatic heterocycles. The van der Waals surface area contributed by atoms with Crippen molar-refractivity contribution in [2.45, 2.75) is 38.6 Å². The van der Waals surface area contributed by atoms with Crippen LogP contribution in [0, 0.1) is 13.8 Å². The van der Waals surface area contributed by atoms with Crippen molar-refractivity contribution in [1.82, 2.24) is 9.96 Å². The second-order valence-corrected chi connectivity index (χ2v) is 7.12. The van der Waals surface area contributed by atoms with E-state index in [9.17, 15) is 9.59 Å². The molecule has 0 spiro atoms. The fraction of sp³-hybridized carbons (Fsp3) is 0.524. The van der Waals surface area contributed by atoms with Crippen molar-refractivity contribution in [3.63, 3.8) is 0 Å². The van der Waals surface area contributed by atoms with Gasteiger partial charge in [0.05, 0.1) is 20.6 Å². The first kappa shape index (κ1) is 21.1. The average Bonchev–Trinajstić information content (AvgIpc) is 2.68. The van der Waals surface area contributed by atoms with Crippen LogP contribution in [0.15, 0.2) is 18.7 Å². The molecule has 1 heterocycles. The third kappa shape index (κ3) is 4.22. The highest BCUT2D eigenvalue weighted by Gasteiger charge is 2.48. The van der Waals surface area contributed by atoms with E-state index in [1.165, 1.54) is 7.11 Å². The number of esters is 1. The van der Waals surface area contributed by atoms with Gasteiger partial charge in [0.15, 0.2) is 0 Å². The Kier molecular flexibility index (Phi) is 6.78. The molecule has 1 aliphatic rings. The lowest BCUT2D eigenvalue weighted by atomic mass is 9.85. The number of methoxy groups -OCH3 is 1. The fourth-order valence-corrected chi connectivity index (χ4v) is 3.87. The highest BCUT2D eigenvalue weighted by atomic mass is 16.7. The lowest BCUT2D eigenvalue weighted by Gasteiger charge is -2.44. The smallest absolute Gasteiger partial charge is 0.331 e. The molecule has 6 heteroatoms. The Hall–Kier alpha value is -2.18. The predicted octanol–water partition coefficient (Wildman–Crippen LogP) is 2.52. The Bertz CT molecular complexity index is 721. The number of piperidine rings is 1. The summed E-state index contributed by atoms with van der Waals surface area (Å²) in [7, 11) is 4.67. The molecule has 0 unspecified atom stereocenters. The summed E-state index contributed by atoms with van der Waals surface area (Å²) in [6.07, 6.45) is 2.93. The van der Waals surface area contributed by atoms with Gasteiger partial charge in [0.1, 0.15) is 5.54 Å². The molecule has 27 heavy (non-hydrogen) atoms. The lowest BCUT2D eigenvalue weighted by Crippen LogP contribution is -2.61. The van der Waals surface area contributed by atoms with Gasteiger partial charge in [-0.25, -0.2) is 4.79 Å². The van der Waals surface area contributed by atoms with Crippen molar-refractivity contribution >= 4 is 18.0 Å². The zero-order valence-corrected chi connectivity index (χ0v) is 17.0. The van der Waals surface area contributed by atoms with E-state index in [1.807, 2.05) is 19.9 Å². The summed E-state index contributed by atoms with van der Waals surface area (Å²) in [5.74, 6) is -0.486. The zero-order valence-electron chi connectivity index (χ0n) is 17.0. The maximum absolute atomic E-state index is 13.1. The first-order chi connectivity index (χ1) is 12.8. The molecular formula is C21H30N2O4. The van der Waals surface area contributed by atoms with Gasteiger partial charge >= 0.3 is 5.97 Å². The molecule has 1 aliphatic heterocycles. The van der Waals surface area contributed by atoms with Crippen molar-refractivity contribution in [2.24, 2.45) is 0 Å². The Balaban J connectivity index is 2.29. The summed E-state index contributed by atoms with van der Waals surface area (Å²) in [4.78, 5) is 32.6. The summed E-state index contributed by atoms with van der Waals surface area (Å²) >= 11 is 0. The number of amides is 1. The van der Waals surface area contributed by atoms with E-state index in [0.29, 0.717) is 25.9 Å². The van der Waals surface area contributed by atoms with E-state index >= 15 is 0 Å². The van der Waals surface area contributed by atoms with E-state index < -0.39 is 5.54 Å². The largest absolute Gasteiger partial charge is 0.467 e. The van der Waals surface area contributed by atoms with Gasteiger partial charge < -0.3 is 14.5 Å². The molecule has 1 fully saturated rings. The molecule has 1 amide bonds. The van der Waals surface area contributed by atoms with Gasteiger partial charge in [-0.3, -0.25) is 4.79 Å². The quantitative estimate of drug-likeness (QED) is 0.716. The number of rotatable bonds is 6.